The predicted octanol–water partition coefficient (Wildman–Crippen LogP) is 3.27. The van der Waals surface area contributed by atoms with Crippen LogP contribution in [0.25, 0.3) is 0 Å². The fraction of sp³-hybridized carbons (Fsp3) is 0.318. The number of hydrogen-bond acceptors (Lipinski definition) is 7. The van der Waals surface area contributed by atoms with Gasteiger partial charge in [-0.3, -0.25) is 4.72 Å². The topological polar surface area (TPSA) is 101 Å². The Morgan fingerprint density at radius 2 is 2.06 bits per heavy atom. The predicted molar refractivity (Wildman–Crippen MR) is 121 cm³/mol. The van der Waals surface area contributed by atoms with Gasteiger partial charge in [-0.2, -0.15) is 0 Å². The Labute approximate surface area is 186 Å². The van der Waals surface area contributed by atoms with Crippen molar-refractivity contribution in [2.45, 2.75) is 36.9 Å². The number of thiazole rings is 1. The Kier molecular flexibility index (Phi) is 6.57. The maximum absolute atomic E-state index is 12.7. The second-order valence-corrected chi connectivity index (χ2v) is 10.1. The molecule has 4 rings (SSSR count). The molecule has 2 aromatic carbocycles. The van der Waals surface area contributed by atoms with Crippen molar-refractivity contribution in [1.82, 2.24) is 10.3 Å². The Morgan fingerprint density at radius 1 is 1.26 bits per heavy atom. The van der Waals surface area contributed by atoms with E-state index >= 15 is 0 Å². The zero-order chi connectivity index (χ0) is 21.8. The van der Waals surface area contributed by atoms with Crippen LogP contribution in [0.2, 0.25) is 0 Å². The zero-order valence-corrected chi connectivity index (χ0v) is 18.7. The fourth-order valence-corrected chi connectivity index (χ4v) is 5.47. The quantitative estimate of drug-likeness (QED) is 0.478. The molecule has 0 fully saturated rings. The van der Waals surface area contributed by atoms with Crippen molar-refractivity contribution in [3.63, 3.8) is 0 Å². The number of nitrogens with one attached hydrogen (secondary N) is 2. The van der Waals surface area contributed by atoms with E-state index in [1.165, 1.54) is 11.3 Å². The van der Waals surface area contributed by atoms with Gasteiger partial charge < -0.3 is 15.2 Å². The number of aromatic nitrogens is 1. The first-order valence-electron chi connectivity index (χ1n) is 10.1. The van der Waals surface area contributed by atoms with E-state index in [2.05, 4.69) is 15.0 Å². The number of ether oxygens (including phenoxy) is 1. The number of nitrogens with zero attached hydrogens (tertiary/aromatic N) is 1. The molecule has 7 nitrogen and oxygen atoms in total. The van der Waals surface area contributed by atoms with Crippen LogP contribution in [0.5, 0.6) is 5.75 Å². The van der Waals surface area contributed by atoms with Crippen molar-refractivity contribution in [2.24, 2.45) is 0 Å². The van der Waals surface area contributed by atoms with Gasteiger partial charge in [-0.15, -0.1) is 11.3 Å². The van der Waals surface area contributed by atoms with Crippen LogP contribution in [0, 0.1) is 6.92 Å². The molecular weight excluding hydrogens is 434 g/mol. The number of aliphatic hydroxyl groups excluding tert-OH is 1. The maximum atomic E-state index is 12.7. The van der Waals surface area contributed by atoms with Gasteiger partial charge in [0.15, 0.2) is 5.13 Å². The Bertz CT molecular complexity index is 1130. The Morgan fingerprint density at radius 3 is 2.81 bits per heavy atom. The third-order valence-corrected chi connectivity index (χ3v) is 7.45. The van der Waals surface area contributed by atoms with E-state index in [0.717, 1.165) is 29.7 Å². The molecule has 2 unspecified atom stereocenters. The van der Waals surface area contributed by atoms with E-state index < -0.39 is 16.1 Å². The number of benzene rings is 2. The summed E-state index contributed by atoms with van der Waals surface area (Å²) in [6, 6.07) is 14.5. The van der Waals surface area contributed by atoms with Gasteiger partial charge in [0, 0.05) is 18.5 Å². The van der Waals surface area contributed by atoms with Crippen LogP contribution in [0.4, 0.5) is 5.13 Å². The van der Waals surface area contributed by atoms with Crippen molar-refractivity contribution in [3.8, 4) is 5.75 Å². The van der Waals surface area contributed by atoms with E-state index in [-0.39, 0.29) is 11.0 Å². The van der Waals surface area contributed by atoms with E-state index in [0.29, 0.717) is 24.0 Å². The average Bonchev–Trinajstić information content (AvgIpc) is 3.17. The number of anilines is 1. The summed E-state index contributed by atoms with van der Waals surface area (Å²) in [4.78, 5) is 4.36. The van der Waals surface area contributed by atoms with Gasteiger partial charge in [0.25, 0.3) is 10.0 Å². The lowest BCUT2D eigenvalue weighted by Gasteiger charge is -2.27. The number of aliphatic hydroxyl groups is 1. The monoisotopic (exact) mass is 459 g/mol. The molecule has 0 bridgehead atoms. The molecular formula is C22H25N3O4S2. The van der Waals surface area contributed by atoms with E-state index in [9.17, 15) is 13.5 Å². The van der Waals surface area contributed by atoms with Crippen LogP contribution in [0.3, 0.4) is 0 Å². The lowest BCUT2D eigenvalue weighted by molar-refractivity contribution is 0.146. The van der Waals surface area contributed by atoms with Gasteiger partial charge in [-0.25, -0.2) is 13.4 Å². The maximum Gasteiger partial charge on any atom is 0.263 e. The number of rotatable bonds is 8. The highest BCUT2D eigenvalue weighted by Gasteiger charge is 2.23. The van der Waals surface area contributed by atoms with E-state index in [1.807, 2.05) is 37.3 Å². The van der Waals surface area contributed by atoms with Crippen LogP contribution in [-0.4, -0.2) is 37.7 Å². The molecule has 31 heavy (non-hydrogen) atoms. The first kappa shape index (κ1) is 21.8. The minimum absolute atomic E-state index is 0.0330. The van der Waals surface area contributed by atoms with Gasteiger partial charge in [0.05, 0.1) is 16.7 Å². The van der Waals surface area contributed by atoms with Crippen molar-refractivity contribution in [2.75, 3.05) is 17.8 Å². The summed E-state index contributed by atoms with van der Waals surface area (Å²) >= 11 is 1.26. The van der Waals surface area contributed by atoms with Crippen molar-refractivity contribution in [1.29, 1.82) is 0 Å². The van der Waals surface area contributed by atoms with Gasteiger partial charge in [-0.1, -0.05) is 30.3 Å². The lowest BCUT2D eigenvalue weighted by atomic mass is 10.0. The molecule has 1 aromatic heterocycles. The number of sulfonamides is 1. The van der Waals surface area contributed by atoms with E-state index in [1.54, 1.807) is 23.6 Å². The van der Waals surface area contributed by atoms with Gasteiger partial charge in [0.1, 0.15) is 11.9 Å². The molecule has 164 valence electrons. The molecule has 0 saturated heterocycles. The highest BCUT2D eigenvalue weighted by Crippen LogP contribution is 2.30. The fourth-order valence-electron chi connectivity index (χ4n) is 3.48. The van der Waals surface area contributed by atoms with Crippen LogP contribution in [0.1, 0.15) is 29.3 Å². The molecule has 0 spiro atoms. The first-order valence-corrected chi connectivity index (χ1v) is 12.5. The minimum Gasteiger partial charge on any atom is -0.489 e. The van der Waals surface area contributed by atoms with Crippen LogP contribution in [0.15, 0.2) is 58.8 Å². The van der Waals surface area contributed by atoms with Crippen molar-refractivity contribution >= 4 is 26.5 Å². The van der Waals surface area contributed by atoms with Crippen molar-refractivity contribution < 1.29 is 18.3 Å². The number of hydrogen-bond donors (Lipinski definition) is 3. The highest BCUT2D eigenvalue weighted by atomic mass is 32.2. The summed E-state index contributed by atoms with van der Waals surface area (Å²) in [5, 5.41) is 15.7. The van der Waals surface area contributed by atoms with Crippen LogP contribution < -0.4 is 14.8 Å². The highest BCUT2D eigenvalue weighted by molar-refractivity contribution is 7.93. The molecule has 0 aliphatic carbocycles. The van der Waals surface area contributed by atoms with Gasteiger partial charge >= 0.3 is 0 Å². The molecule has 3 aromatic rings. The second-order valence-electron chi connectivity index (χ2n) is 7.53. The molecule has 0 radical (unpaired) electrons. The summed E-state index contributed by atoms with van der Waals surface area (Å²) in [6.07, 6.45) is 0.889. The second kappa shape index (κ2) is 9.35. The summed E-state index contributed by atoms with van der Waals surface area (Å²) in [7, 11) is -3.69. The SMILES string of the molecule is Cc1csc(NS(=O)(=O)c2ccc3c(c2)CCC(CNCC(O)c2ccccc2)O3)n1. The lowest BCUT2D eigenvalue weighted by Crippen LogP contribution is -2.36. The normalized spacial score (nSPS) is 16.9. The summed E-state index contributed by atoms with van der Waals surface area (Å²) < 4.78 is 33.9. The summed E-state index contributed by atoms with van der Waals surface area (Å²) in [6.45, 7) is 2.86. The molecule has 0 amide bonds. The third kappa shape index (κ3) is 5.43. The zero-order valence-electron chi connectivity index (χ0n) is 17.1. The smallest absolute Gasteiger partial charge is 0.263 e. The molecule has 2 atom stereocenters. The molecule has 2 heterocycles. The molecule has 3 N–H and O–H groups in total. The van der Waals surface area contributed by atoms with Crippen molar-refractivity contribution in [3.05, 3.63) is 70.7 Å². The molecule has 1 aliphatic heterocycles. The summed E-state index contributed by atoms with van der Waals surface area (Å²) in [5.41, 5.74) is 2.52. The average molecular weight is 460 g/mol. The number of aryl methyl sites for hydroxylation is 2. The van der Waals surface area contributed by atoms with E-state index in [4.69, 9.17) is 4.74 Å². The third-order valence-electron chi connectivity index (χ3n) is 5.11. The van der Waals surface area contributed by atoms with Crippen LogP contribution >= 0.6 is 11.3 Å². The number of fused-ring (bicyclic) bond motifs is 1. The summed E-state index contributed by atoms with van der Waals surface area (Å²) in [5.74, 6) is 0.700. The first-order chi connectivity index (χ1) is 14.9. The standard InChI is InChI=1S/C22H25N3O4S2/c1-15-14-30-22(24-15)25-31(27,28)19-9-10-21-17(11-19)7-8-18(29-21)12-23-13-20(26)16-5-3-2-4-6-16/h2-6,9-11,14,18,20,23,26H,7-8,12-13H2,1H3,(H,24,25). The Balaban J connectivity index is 1.34. The Hall–Kier alpha value is -2.46. The largest absolute Gasteiger partial charge is 0.489 e. The minimum atomic E-state index is -3.69. The van der Waals surface area contributed by atoms with Gasteiger partial charge in [0.2, 0.25) is 0 Å². The van der Waals surface area contributed by atoms with Crippen LogP contribution in [-0.2, 0) is 16.4 Å². The molecule has 1 aliphatic rings. The van der Waals surface area contributed by atoms with Gasteiger partial charge in [-0.05, 0) is 49.1 Å². The molecule has 0 saturated carbocycles. The molecule has 9 heteroatoms.